The van der Waals surface area contributed by atoms with Crippen LogP contribution in [0.5, 0.6) is 0 Å². The van der Waals surface area contributed by atoms with Crippen LogP contribution in [-0.2, 0) is 7.05 Å². The van der Waals surface area contributed by atoms with Crippen LogP contribution in [0.2, 0.25) is 0 Å². The zero-order valence-electron chi connectivity index (χ0n) is 13.9. The van der Waals surface area contributed by atoms with Gasteiger partial charge in [0.1, 0.15) is 0 Å². The highest BCUT2D eigenvalue weighted by Gasteiger charge is 2.51. The largest absolute Gasteiger partial charge is 0.335 e. The number of nitrogens with one attached hydrogen (secondary N) is 2. The Labute approximate surface area is 136 Å². The molecule has 0 saturated heterocycles. The third-order valence-corrected chi connectivity index (χ3v) is 5.84. The Morgan fingerprint density at radius 1 is 1.30 bits per heavy atom. The highest BCUT2D eigenvalue weighted by Crippen LogP contribution is 2.55. The minimum absolute atomic E-state index is 0.0264. The highest BCUT2D eigenvalue weighted by atomic mass is 16.2. The van der Waals surface area contributed by atoms with Crippen molar-refractivity contribution >= 4 is 12.2 Å². The number of hydrazone groups is 1. The standard InChI is InChI=1S/C17H25N5O/c1-11-15(10-22(2)21-11)9-18-20-16(23)19-17-6-12-3-13(7-17)5-14(4-12)8-17/h9-10,12-14H,3-8H2,1-2H3,(H2,19,20,23)/b18-9+. The molecular weight excluding hydrogens is 290 g/mol. The van der Waals surface area contributed by atoms with E-state index in [0.29, 0.717) is 0 Å². The van der Waals surface area contributed by atoms with Gasteiger partial charge in [0.25, 0.3) is 0 Å². The number of carbonyl (C=O) groups excluding carboxylic acids is 1. The van der Waals surface area contributed by atoms with Crippen molar-refractivity contribution in [3.05, 3.63) is 17.5 Å². The molecule has 1 heterocycles. The predicted molar refractivity (Wildman–Crippen MR) is 88.1 cm³/mol. The van der Waals surface area contributed by atoms with Gasteiger partial charge in [0.05, 0.1) is 11.9 Å². The number of urea groups is 1. The summed E-state index contributed by atoms with van der Waals surface area (Å²) in [6.07, 6.45) is 11.1. The van der Waals surface area contributed by atoms with E-state index in [-0.39, 0.29) is 11.6 Å². The molecule has 6 nitrogen and oxygen atoms in total. The molecule has 23 heavy (non-hydrogen) atoms. The van der Waals surface area contributed by atoms with Gasteiger partial charge in [0, 0.05) is 24.3 Å². The van der Waals surface area contributed by atoms with Crippen molar-refractivity contribution < 1.29 is 4.79 Å². The molecule has 4 aliphatic carbocycles. The lowest BCUT2D eigenvalue weighted by molar-refractivity contribution is -0.0135. The molecule has 6 heteroatoms. The van der Waals surface area contributed by atoms with E-state index in [2.05, 4.69) is 20.9 Å². The molecule has 4 saturated carbocycles. The Morgan fingerprint density at radius 3 is 2.43 bits per heavy atom. The Hall–Kier alpha value is -1.85. The molecule has 0 atom stereocenters. The van der Waals surface area contributed by atoms with E-state index < -0.39 is 0 Å². The summed E-state index contributed by atoms with van der Waals surface area (Å²) in [6, 6.07) is -0.176. The van der Waals surface area contributed by atoms with Crippen molar-refractivity contribution in [2.75, 3.05) is 0 Å². The summed E-state index contributed by atoms with van der Waals surface area (Å²) in [5, 5.41) is 11.6. The Balaban J connectivity index is 1.36. The molecule has 0 radical (unpaired) electrons. The normalized spacial score (nSPS) is 35.0. The Kier molecular flexibility index (Phi) is 3.43. The van der Waals surface area contributed by atoms with Crippen LogP contribution in [0.25, 0.3) is 0 Å². The fourth-order valence-electron chi connectivity index (χ4n) is 5.44. The highest BCUT2D eigenvalue weighted by molar-refractivity contribution is 5.82. The molecule has 1 aromatic heterocycles. The van der Waals surface area contributed by atoms with Gasteiger partial charge in [-0.25, -0.2) is 10.2 Å². The van der Waals surface area contributed by atoms with Crippen LogP contribution < -0.4 is 10.7 Å². The minimum Gasteiger partial charge on any atom is -0.331 e. The molecule has 4 aliphatic rings. The van der Waals surface area contributed by atoms with Gasteiger partial charge in [0.2, 0.25) is 0 Å². The van der Waals surface area contributed by atoms with Crippen molar-refractivity contribution in [2.45, 2.75) is 51.0 Å². The zero-order valence-corrected chi connectivity index (χ0v) is 13.9. The average Bonchev–Trinajstić information content (AvgIpc) is 2.74. The van der Waals surface area contributed by atoms with E-state index in [0.717, 1.165) is 48.3 Å². The Morgan fingerprint density at radius 2 is 1.91 bits per heavy atom. The summed E-state index contributed by atoms with van der Waals surface area (Å²) < 4.78 is 1.74. The quantitative estimate of drug-likeness (QED) is 0.664. The van der Waals surface area contributed by atoms with Crippen LogP contribution in [0.3, 0.4) is 0 Å². The first-order valence-corrected chi connectivity index (χ1v) is 8.63. The maximum atomic E-state index is 12.3. The molecule has 0 spiro atoms. The van der Waals surface area contributed by atoms with Crippen LogP contribution in [-0.4, -0.2) is 27.6 Å². The average molecular weight is 315 g/mol. The second kappa shape index (κ2) is 5.35. The first kappa shape index (κ1) is 14.7. The minimum atomic E-state index is -0.176. The molecule has 5 rings (SSSR count). The first-order valence-electron chi connectivity index (χ1n) is 8.63. The smallest absolute Gasteiger partial charge is 0.331 e. The zero-order chi connectivity index (χ0) is 16.0. The number of carbonyl (C=O) groups is 1. The van der Waals surface area contributed by atoms with Gasteiger partial charge in [-0.3, -0.25) is 4.68 Å². The summed E-state index contributed by atoms with van der Waals surface area (Å²) in [6.45, 7) is 1.93. The van der Waals surface area contributed by atoms with Crippen molar-refractivity contribution in [3.8, 4) is 0 Å². The molecule has 4 bridgehead atoms. The maximum absolute atomic E-state index is 12.3. The fraction of sp³-hybridized carbons (Fsp3) is 0.706. The molecule has 2 amide bonds. The fourth-order valence-corrected chi connectivity index (χ4v) is 5.44. The number of amides is 2. The third kappa shape index (κ3) is 2.86. The third-order valence-electron chi connectivity index (χ3n) is 5.84. The lowest BCUT2D eigenvalue weighted by Crippen LogP contribution is -2.61. The summed E-state index contributed by atoms with van der Waals surface area (Å²) in [5.41, 5.74) is 4.47. The number of aromatic nitrogens is 2. The maximum Gasteiger partial charge on any atom is 0.335 e. The van der Waals surface area contributed by atoms with Crippen molar-refractivity contribution in [3.63, 3.8) is 0 Å². The van der Waals surface area contributed by atoms with Crippen LogP contribution >= 0.6 is 0 Å². The van der Waals surface area contributed by atoms with Crippen molar-refractivity contribution in [1.82, 2.24) is 20.5 Å². The van der Waals surface area contributed by atoms with Gasteiger partial charge < -0.3 is 5.32 Å². The predicted octanol–water partition coefficient (Wildman–Crippen LogP) is 2.33. The lowest BCUT2D eigenvalue weighted by atomic mass is 9.53. The second-order valence-electron chi connectivity index (χ2n) is 7.87. The van der Waals surface area contributed by atoms with Gasteiger partial charge in [0.15, 0.2) is 0 Å². The number of rotatable bonds is 3. The van der Waals surface area contributed by atoms with Gasteiger partial charge in [-0.1, -0.05) is 0 Å². The molecule has 124 valence electrons. The molecule has 4 fully saturated rings. The number of hydrogen-bond acceptors (Lipinski definition) is 3. The molecular formula is C17H25N5O. The van der Waals surface area contributed by atoms with Crippen molar-refractivity contribution in [2.24, 2.45) is 29.9 Å². The molecule has 2 N–H and O–H groups in total. The summed E-state index contributed by atoms with van der Waals surface area (Å²) in [4.78, 5) is 12.3. The molecule has 0 aromatic carbocycles. The number of aryl methyl sites for hydroxylation is 2. The van der Waals surface area contributed by atoms with E-state index in [1.165, 1.54) is 19.3 Å². The molecule has 0 unspecified atom stereocenters. The van der Waals surface area contributed by atoms with Crippen LogP contribution in [0.15, 0.2) is 11.3 Å². The van der Waals surface area contributed by atoms with Gasteiger partial charge in [-0.2, -0.15) is 10.2 Å². The summed E-state index contributed by atoms with van der Waals surface area (Å²) in [7, 11) is 1.87. The number of hydrogen-bond donors (Lipinski definition) is 2. The lowest BCUT2D eigenvalue weighted by Gasteiger charge is -2.56. The van der Waals surface area contributed by atoms with E-state index >= 15 is 0 Å². The van der Waals surface area contributed by atoms with Crippen molar-refractivity contribution in [1.29, 1.82) is 0 Å². The SMILES string of the molecule is Cc1nn(C)cc1/C=N/NC(=O)NC12CC3CC(CC(C3)C1)C2. The Bertz CT molecular complexity index is 612. The van der Waals surface area contributed by atoms with Crippen LogP contribution in [0, 0.1) is 24.7 Å². The van der Waals surface area contributed by atoms with E-state index in [4.69, 9.17) is 0 Å². The van der Waals surface area contributed by atoms with E-state index in [1.54, 1.807) is 10.9 Å². The van der Waals surface area contributed by atoms with Gasteiger partial charge in [-0.15, -0.1) is 0 Å². The first-order chi connectivity index (χ1) is 11.0. The van der Waals surface area contributed by atoms with Crippen LogP contribution in [0.4, 0.5) is 4.79 Å². The van der Waals surface area contributed by atoms with E-state index in [9.17, 15) is 4.79 Å². The van der Waals surface area contributed by atoms with E-state index in [1.807, 2.05) is 20.2 Å². The molecule has 0 aliphatic heterocycles. The topological polar surface area (TPSA) is 71.3 Å². The van der Waals surface area contributed by atoms with Crippen LogP contribution in [0.1, 0.15) is 49.8 Å². The molecule has 1 aromatic rings. The number of nitrogens with zero attached hydrogens (tertiary/aromatic N) is 3. The monoisotopic (exact) mass is 315 g/mol. The second-order valence-corrected chi connectivity index (χ2v) is 7.87. The van der Waals surface area contributed by atoms with Gasteiger partial charge in [-0.05, 0) is 63.2 Å². The summed E-state index contributed by atoms with van der Waals surface area (Å²) >= 11 is 0. The van der Waals surface area contributed by atoms with Gasteiger partial charge >= 0.3 is 6.03 Å². The summed E-state index contributed by atoms with van der Waals surface area (Å²) in [5.74, 6) is 2.47.